The standard InChI is InChI=1S/C19H19ClFNO/c20-17-7-3-1-5-14(17)9-12-19(23)22(16-10-11-16)13-15-6-2-4-8-18(15)21/h1-8,16H,9-13H2. The van der Waals surface area contributed by atoms with E-state index >= 15 is 0 Å². The van der Waals surface area contributed by atoms with Gasteiger partial charge in [0.2, 0.25) is 5.91 Å². The Hall–Kier alpha value is -1.87. The number of halogens is 2. The van der Waals surface area contributed by atoms with E-state index in [0.717, 1.165) is 18.4 Å². The molecule has 0 N–H and O–H groups in total. The average Bonchev–Trinajstić information content (AvgIpc) is 3.38. The van der Waals surface area contributed by atoms with Crippen molar-refractivity contribution in [3.8, 4) is 0 Å². The lowest BCUT2D eigenvalue weighted by atomic mass is 10.1. The number of hydrogen-bond acceptors (Lipinski definition) is 1. The zero-order valence-corrected chi connectivity index (χ0v) is 13.6. The molecule has 0 atom stereocenters. The number of rotatable bonds is 6. The number of aryl methyl sites for hydroxylation is 1. The fraction of sp³-hybridized carbons (Fsp3) is 0.316. The maximum Gasteiger partial charge on any atom is 0.223 e. The minimum atomic E-state index is -0.253. The van der Waals surface area contributed by atoms with E-state index < -0.39 is 0 Å². The molecular formula is C19H19ClFNO. The highest BCUT2D eigenvalue weighted by Gasteiger charge is 2.32. The molecule has 3 rings (SSSR count). The van der Waals surface area contributed by atoms with Crippen LogP contribution in [-0.4, -0.2) is 16.8 Å². The Bertz CT molecular complexity index is 699. The van der Waals surface area contributed by atoms with E-state index in [9.17, 15) is 9.18 Å². The maximum absolute atomic E-state index is 13.8. The summed E-state index contributed by atoms with van der Waals surface area (Å²) in [6.45, 7) is 0.346. The van der Waals surface area contributed by atoms with Crippen molar-refractivity contribution in [1.82, 2.24) is 4.90 Å². The largest absolute Gasteiger partial charge is 0.335 e. The van der Waals surface area contributed by atoms with Crippen LogP contribution in [0.2, 0.25) is 5.02 Å². The third-order valence-corrected chi connectivity index (χ3v) is 4.54. The van der Waals surface area contributed by atoms with Gasteiger partial charge in [-0.15, -0.1) is 0 Å². The predicted molar refractivity (Wildman–Crippen MR) is 89.7 cm³/mol. The topological polar surface area (TPSA) is 20.3 Å². The van der Waals surface area contributed by atoms with E-state index in [4.69, 9.17) is 11.6 Å². The summed E-state index contributed by atoms with van der Waals surface area (Å²) in [5, 5.41) is 0.687. The second-order valence-electron chi connectivity index (χ2n) is 5.94. The fourth-order valence-corrected chi connectivity index (χ4v) is 2.93. The Kier molecular flexibility index (Phi) is 4.97. The summed E-state index contributed by atoms with van der Waals surface area (Å²) in [6.07, 6.45) is 3.02. The lowest BCUT2D eigenvalue weighted by molar-refractivity contribution is -0.132. The second kappa shape index (κ2) is 7.14. The summed E-state index contributed by atoms with van der Waals surface area (Å²) in [4.78, 5) is 14.4. The summed E-state index contributed by atoms with van der Waals surface area (Å²) in [6, 6.07) is 14.5. The van der Waals surface area contributed by atoms with Crippen molar-refractivity contribution < 1.29 is 9.18 Å². The Labute approximate surface area is 140 Å². The molecule has 0 spiro atoms. The zero-order valence-electron chi connectivity index (χ0n) is 12.8. The molecular weight excluding hydrogens is 313 g/mol. The van der Waals surface area contributed by atoms with Gasteiger partial charge in [0.15, 0.2) is 0 Å². The SMILES string of the molecule is O=C(CCc1ccccc1Cl)N(Cc1ccccc1F)C1CC1. The summed E-state index contributed by atoms with van der Waals surface area (Å²) in [7, 11) is 0. The van der Waals surface area contributed by atoms with Crippen LogP contribution in [-0.2, 0) is 17.8 Å². The molecule has 120 valence electrons. The molecule has 1 aliphatic carbocycles. The van der Waals surface area contributed by atoms with Crippen LogP contribution in [0.5, 0.6) is 0 Å². The summed E-state index contributed by atoms with van der Waals surface area (Å²) in [5.41, 5.74) is 1.55. The summed E-state index contributed by atoms with van der Waals surface area (Å²) in [5.74, 6) is -0.187. The van der Waals surface area contributed by atoms with E-state index in [-0.39, 0.29) is 17.8 Å². The predicted octanol–water partition coefficient (Wildman–Crippen LogP) is 4.60. The maximum atomic E-state index is 13.8. The van der Waals surface area contributed by atoms with Gasteiger partial charge < -0.3 is 4.90 Å². The lowest BCUT2D eigenvalue weighted by Gasteiger charge is -2.23. The van der Waals surface area contributed by atoms with Gasteiger partial charge in [-0.25, -0.2) is 4.39 Å². The van der Waals surface area contributed by atoms with Crippen molar-refractivity contribution in [3.05, 3.63) is 70.5 Å². The van der Waals surface area contributed by atoms with Gasteiger partial charge in [0.05, 0.1) is 0 Å². The molecule has 0 heterocycles. The Balaban J connectivity index is 1.65. The van der Waals surface area contributed by atoms with Crippen LogP contribution in [0.1, 0.15) is 30.4 Å². The third kappa shape index (κ3) is 4.11. The van der Waals surface area contributed by atoms with Crippen molar-refractivity contribution in [3.63, 3.8) is 0 Å². The van der Waals surface area contributed by atoms with Crippen LogP contribution in [0.25, 0.3) is 0 Å². The molecule has 0 saturated heterocycles. The summed E-state index contributed by atoms with van der Waals surface area (Å²) >= 11 is 6.14. The van der Waals surface area contributed by atoms with Crippen LogP contribution in [0.4, 0.5) is 4.39 Å². The molecule has 23 heavy (non-hydrogen) atoms. The van der Waals surface area contributed by atoms with Gasteiger partial charge in [0.25, 0.3) is 0 Å². The first-order chi connectivity index (χ1) is 11.1. The Morgan fingerprint density at radius 2 is 1.74 bits per heavy atom. The highest BCUT2D eigenvalue weighted by atomic mass is 35.5. The van der Waals surface area contributed by atoms with E-state index in [2.05, 4.69) is 0 Å². The molecule has 2 nitrogen and oxygen atoms in total. The number of carbonyl (C=O) groups excluding carboxylic acids is 1. The normalized spacial score (nSPS) is 13.8. The highest BCUT2D eigenvalue weighted by molar-refractivity contribution is 6.31. The smallest absolute Gasteiger partial charge is 0.223 e. The van der Waals surface area contributed by atoms with Crippen LogP contribution in [0.15, 0.2) is 48.5 Å². The van der Waals surface area contributed by atoms with Crippen molar-refractivity contribution in [2.45, 2.75) is 38.3 Å². The van der Waals surface area contributed by atoms with Crippen molar-refractivity contribution >= 4 is 17.5 Å². The molecule has 2 aromatic rings. The molecule has 1 saturated carbocycles. The molecule has 0 aromatic heterocycles. The van der Waals surface area contributed by atoms with Gasteiger partial charge in [0, 0.05) is 29.6 Å². The Morgan fingerprint density at radius 3 is 2.39 bits per heavy atom. The van der Waals surface area contributed by atoms with Crippen LogP contribution < -0.4 is 0 Å². The van der Waals surface area contributed by atoms with Gasteiger partial charge in [-0.05, 0) is 37.0 Å². The molecule has 2 aromatic carbocycles. The fourth-order valence-electron chi connectivity index (χ4n) is 2.70. The monoisotopic (exact) mass is 331 g/mol. The van der Waals surface area contributed by atoms with Crippen LogP contribution in [0, 0.1) is 5.82 Å². The number of nitrogens with zero attached hydrogens (tertiary/aromatic N) is 1. The number of hydrogen-bond donors (Lipinski definition) is 0. The third-order valence-electron chi connectivity index (χ3n) is 4.17. The van der Waals surface area contributed by atoms with Crippen molar-refractivity contribution in [2.24, 2.45) is 0 Å². The minimum absolute atomic E-state index is 0.0654. The Morgan fingerprint density at radius 1 is 1.09 bits per heavy atom. The molecule has 1 amide bonds. The zero-order chi connectivity index (χ0) is 16.2. The van der Waals surface area contributed by atoms with E-state index in [1.54, 1.807) is 18.2 Å². The first-order valence-electron chi connectivity index (χ1n) is 7.91. The van der Waals surface area contributed by atoms with Gasteiger partial charge in [-0.3, -0.25) is 4.79 Å². The van der Waals surface area contributed by atoms with E-state index in [1.165, 1.54) is 6.07 Å². The number of amides is 1. The molecule has 1 aliphatic rings. The van der Waals surface area contributed by atoms with Gasteiger partial charge in [0.1, 0.15) is 5.82 Å². The summed E-state index contributed by atoms with van der Waals surface area (Å²) < 4.78 is 13.8. The second-order valence-corrected chi connectivity index (χ2v) is 6.34. The van der Waals surface area contributed by atoms with Crippen LogP contribution >= 0.6 is 11.6 Å². The van der Waals surface area contributed by atoms with Crippen LogP contribution in [0.3, 0.4) is 0 Å². The van der Waals surface area contributed by atoms with Gasteiger partial charge in [-0.2, -0.15) is 0 Å². The average molecular weight is 332 g/mol. The molecule has 0 bridgehead atoms. The minimum Gasteiger partial charge on any atom is -0.335 e. The van der Waals surface area contributed by atoms with E-state index in [0.29, 0.717) is 30.0 Å². The molecule has 0 aliphatic heterocycles. The van der Waals surface area contributed by atoms with E-state index in [1.807, 2.05) is 29.2 Å². The highest BCUT2D eigenvalue weighted by Crippen LogP contribution is 2.30. The number of benzene rings is 2. The van der Waals surface area contributed by atoms with Gasteiger partial charge >= 0.3 is 0 Å². The quantitative estimate of drug-likeness (QED) is 0.757. The van der Waals surface area contributed by atoms with Gasteiger partial charge in [-0.1, -0.05) is 48.0 Å². The first kappa shape index (κ1) is 16.0. The first-order valence-corrected chi connectivity index (χ1v) is 8.29. The molecule has 0 radical (unpaired) electrons. The number of carbonyl (C=O) groups is 1. The lowest BCUT2D eigenvalue weighted by Crippen LogP contribution is -2.33. The molecule has 1 fully saturated rings. The van der Waals surface area contributed by atoms with Crippen molar-refractivity contribution in [2.75, 3.05) is 0 Å². The molecule has 0 unspecified atom stereocenters. The van der Waals surface area contributed by atoms with Crippen molar-refractivity contribution in [1.29, 1.82) is 0 Å². The molecule has 4 heteroatoms.